The van der Waals surface area contributed by atoms with Gasteiger partial charge in [-0.3, -0.25) is 4.79 Å². The number of nitriles is 1. The van der Waals surface area contributed by atoms with Crippen molar-refractivity contribution in [1.82, 2.24) is 9.91 Å². The van der Waals surface area contributed by atoms with Crippen LogP contribution in [0.15, 0.2) is 42.6 Å². The van der Waals surface area contributed by atoms with Gasteiger partial charge in [0, 0.05) is 43.9 Å². The molecule has 1 heterocycles. The molecular formula is C31H44N6O. The molecule has 1 saturated carbocycles. The van der Waals surface area contributed by atoms with Crippen molar-refractivity contribution in [2.75, 3.05) is 18.4 Å². The van der Waals surface area contributed by atoms with E-state index < -0.39 is 0 Å². The average Bonchev–Trinajstić information content (AvgIpc) is 2.91. The van der Waals surface area contributed by atoms with Gasteiger partial charge in [0.25, 0.3) is 0 Å². The van der Waals surface area contributed by atoms with Gasteiger partial charge in [-0.25, -0.2) is 5.84 Å². The van der Waals surface area contributed by atoms with Crippen molar-refractivity contribution < 1.29 is 6.22 Å². The number of fused-ring (bicyclic) bond motifs is 1. The number of nitrogens with one attached hydrogen (secondary N) is 1. The van der Waals surface area contributed by atoms with Gasteiger partial charge < -0.3 is 21.0 Å². The van der Waals surface area contributed by atoms with E-state index in [9.17, 15) is 10.1 Å². The van der Waals surface area contributed by atoms with Crippen LogP contribution in [0.2, 0.25) is 0 Å². The Bertz CT molecular complexity index is 1210. The van der Waals surface area contributed by atoms with Crippen LogP contribution >= 0.6 is 0 Å². The maximum absolute atomic E-state index is 11.4. The molecule has 7 heteroatoms. The number of hydrogen-bond acceptors (Lipinski definition) is 6. The smallest absolute Gasteiger partial charge is 0.211 e. The zero-order valence-electron chi connectivity index (χ0n) is 23.0. The maximum Gasteiger partial charge on any atom is 0.211 e. The van der Waals surface area contributed by atoms with E-state index in [-0.39, 0.29) is 13.4 Å². The first-order valence-corrected chi connectivity index (χ1v) is 13.8. The number of nitrogens with zero attached hydrogens (tertiary/aromatic N) is 3. The Hall–Kier alpha value is -3.50. The molecule has 38 heavy (non-hydrogen) atoms. The number of aryl methyl sites for hydroxylation is 3. The number of rotatable bonds is 9. The number of nitrogens with two attached hydrogens (primary N) is 2. The van der Waals surface area contributed by atoms with E-state index in [0.717, 1.165) is 48.2 Å². The van der Waals surface area contributed by atoms with Gasteiger partial charge in [0.15, 0.2) is 6.19 Å². The fourth-order valence-corrected chi connectivity index (χ4v) is 6.60. The summed E-state index contributed by atoms with van der Waals surface area (Å²) in [6.07, 6.45) is 11.7. The zero-order chi connectivity index (χ0) is 27.2. The summed E-state index contributed by atoms with van der Waals surface area (Å²) in [5.41, 5.74) is 13.5. The molecule has 2 aliphatic rings. The summed E-state index contributed by atoms with van der Waals surface area (Å²) in [4.78, 5) is 13.4. The highest BCUT2D eigenvalue weighted by Gasteiger charge is 2.40. The number of piperidine rings is 1. The first-order valence-electron chi connectivity index (χ1n) is 13.8. The van der Waals surface area contributed by atoms with Gasteiger partial charge in [0.05, 0.1) is 5.70 Å². The van der Waals surface area contributed by atoms with Crippen molar-refractivity contribution in [3.8, 4) is 6.19 Å². The molecule has 2 aromatic rings. The molecule has 204 valence electrons. The number of benzene rings is 2. The third-order valence-corrected chi connectivity index (χ3v) is 8.76. The number of anilines is 1. The Morgan fingerprint density at radius 1 is 1.18 bits per heavy atom. The van der Waals surface area contributed by atoms with Crippen molar-refractivity contribution in [2.24, 2.45) is 23.4 Å². The third kappa shape index (κ3) is 6.14. The van der Waals surface area contributed by atoms with Gasteiger partial charge in [-0.2, -0.15) is 5.26 Å². The molecule has 0 radical (unpaired) electrons. The van der Waals surface area contributed by atoms with Crippen LogP contribution in [0, 0.1) is 44.1 Å². The second-order valence-corrected chi connectivity index (χ2v) is 11.2. The molecule has 1 amide bonds. The number of carbonyl (C=O) groups is 1. The highest BCUT2D eigenvalue weighted by atomic mass is 16.1. The summed E-state index contributed by atoms with van der Waals surface area (Å²) in [6.45, 7) is 7.63. The topological polar surface area (TPSA) is 111 Å². The Labute approximate surface area is 228 Å². The second kappa shape index (κ2) is 12.4. The van der Waals surface area contributed by atoms with Crippen LogP contribution in [0.25, 0.3) is 5.70 Å². The average molecular weight is 517 g/mol. The lowest BCUT2D eigenvalue weighted by molar-refractivity contribution is -0.105. The van der Waals surface area contributed by atoms with E-state index in [0.29, 0.717) is 24.1 Å². The predicted octanol–water partition coefficient (Wildman–Crippen LogP) is 5.39. The van der Waals surface area contributed by atoms with Crippen molar-refractivity contribution in [3.05, 3.63) is 70.4 Å². The van der Waals surface area contributed by atoms with Gasteiger partial charge >= 0.3 is 0 Å². The van der Waals surface area contributed by atoms with Crippen molar-refractivity contribution in [2.45, 2.75) is 71.3 Å². The molecule has 1 saturated heterocycles. The van der Waals surface area contributed by atoms with Crippen LogP contribution in [0.1, 0.15) is 73.7 Å². The lowest BCUT2D eigenvalue weighted by Crippen LogP contribution is -2.49. The quantitative estimate of drug-likeness (QED) is 0.178. The maximum atomic E-state index is 11.4. The lowest BCUT2D eigenvalue weighted by Gasteiger charge is -2.47. The Morgan fingerprint density at radius 3 is 2.63 bits per heavy atom. The number of para-hydroxylation sites is 1. The van der Waals surface area contributed by atoms with Crippen LogP contribution in [-0.2, 0) is 4.79 Å². The van der Waals surface area contributed by atoms with Crippen molar-refractivity contribution in [3.63, 3.8) is 0 Å². The van der Waals surface area contributed by atoms with Crippen LogP contribution in [0.4, 0.5) is 5.69 Å². The molecular weight excluding hydrogens is 472 g/mol. The van der Waals surface area contributed by atoms with Gasteiger partial charge in [-0.1, -0.05) is 43.5 Å². The first-order chi connectivity index (χ1) is 18.3. The van der Waals surface area contributed by atoms with Crippen LogP contribution < -0.4 is 16.9 Å². The Balaban J connectivity index is 0.00000420. The third-order valence-electron chi connectivity index (χ3n) is 8.76. The molecule has 4 unspecified atom stereocenters. The molecule has 5 N–H and O–H groups in total. The Morgan fingerprint density at radius 2 is 1.89 bits per heavy atom. The van der Waals surface area contributed by atoms with Crippen LogP contribution in [0.5, 0.6) is 0 Å². The molecule has 1 aliphatic carbocycles. The predicted molar refractivity (Wildman–Crippen MR) is 155 cm³/mol. The first kappa shape index (κ1) is 27.5. The molecule has 2 aromatic carbocycles. The molecule has 0 aromatic heterocycles. The highest BCUT2D eigenvalue weighted by molar-refractivity contribution is 5.74. The number of hydrogen-bond donors (Lipinski definition) is 3. The summed E-state index contributed by atoms with van der Waals surface area (Å²) in [5.74, 6) is 7.75. The van der Waals surface area contributed by atoms with E-state index >= 15 is 0 Å². The van der Waals surface area contributed by atoms with Crippen molar-refractivity contribution in [1.29, 1.82) is 5.26 Å². The molecule has 0 bridgehead atoms. The number of hydrazine groups is 1. The summed E-state index contributed by atoms with van der Waals surface area (Å²) in [7, 11) is 0. The number of carbonyl (C=O) groups excluding carboxylic acids is 1. The number of amides is 1. The minimum Gasteiger partial charge on any atom is -0.397 e. The van der Waals surface area contributed by atoms with E-state index in [2.05, 4.69) is 50.5 Å². The number of likely N-dealkylation sites (tertiary alicyclic amines) is 1. The fourth-order valence-electron chi connectivity index (χ4n) is 6.60. The monoisotopic (exact) mass is 516 g/mol. The van der Waals surface area contributed by atoms with E-state index in [1.165, 1.54) is 36.8 Å². The summed E-state index contributed by atoms with van der Waals surface area (Å²) < 4.78 is 0. The van der Waals surface area contributed by atoms with E-state index in [1.807, 2.05) is 29.3 Å². The van der Waals surface area contributed by atoms with Crippen LogP contribution in [-0.4, -0.2) is 35.5 Å². The largest absolute Gasteiger partial charge is 0.397 e. The van der Waals surface area contributed by atoms with Crippen molar-refractivity contribution >= 4 is 17.8 Å². The van der Waals surface area contributed by atoms with E-state index in [4.69, 9.17) is 11.6 Å². The summed E-state index contributed by atoms with van der Waals surface area (Å²) in [6, 6.07) is 12.3. The fraction of sp³-hybridized carbons (Fsp3) is 0.484. The van der Waals surface area contributed by atoms with Gasteiger partial charge in [-0.15, -0.1) is 0 Å². The van der Waals surface area contributed by atoms with E-state index in [1.54, 1.807) is 5.01 Å². The second-order valence-electron chi connectivity index (χ2n) is 11.2. The minimum atomic E-state index is 0. The molecule has 4 rings (SSSR count). The molecule has 4 atom stereocenters. The normalized spacial score (nSPS) is 22.2. The molecule has 7 nitrogen and oxygen atoms in total. The molecule has 0 spiro atoms. The standard InChI is InChI=1S/C31H42N6O.H2/c1-21-14-23(3)28(15-22(21)2)29(33)18-37(34)13-12-27(26-10-6-7-11-30(26)35-20-38)31-16-24-8-4-5-9-25(24)17-36(31)19-32;/h6-7,10-11,14-15,18,20,24-25,27,31H,4-5,8-9,12-13,16-17,33-34H2,1-3H3,(H,35,38);1H/b29-18-;. The minimum absolute atomic E-state index is 0. The zero-order valence-corrected chi connectivity index (χ0v) is 23.0. The van der Waals surface area contributed by atoms with Crippen LogP contribution in [0.3, 0.4) is 0 Å². The van der Waals surface area contributed by atoms with Gasteiger partial charge in [0.1, 0.15) is 0 Å². The lowest BCUT2D eigenvalue weighted by atomic mass is 9.69. The van der Waals surface area contributed by atoms with Gasteiger partial charge in [0.2, 0.25) is 6.41 Å². The molecule has 1 aliphatic heterocycles. The Kier molecular flexibility index (Phi) is 8.96. The SMILES string of the molecule is Cc1cc(C)c(/C(N)=C/N(N)CCC(c2ccccc2NC=O)C2CC3CCCCC3CN2C#N)cc1C.[HH]. The van der Waals surface area contributed by atoms with Gasteiger partial charge in [-0.05, 0) is 86.3 Å². The summed E-state index contributed by atoms with van der Waals surface area (Å²) in [5, 5.41) is 14.7. The molecule has 2 fully saturated rings. The summed E-state index contributed by atoms with van der Waals surface area (Å²) >= 11 is 0. The highest BCUT2D eigenvalue weighted by Crippen LogP contribution is 2.44.